The molecule has 5 aromatic rings. The summed E-state index contributed by atoms with van der Waals surface area (Å²) in [5.74, 6) is 0.202. The molecule has 0 saturated carbocycles. The van der Waals surface area contributed by atoms with Crippen molar-refractivity contribution in [1.82, 2.24) is 29.7 Å². The summed E-state index contributed by atoms with van der Waals surface area (Å²) in [6.07, 6.45) is -4.28. The number of carbonyl (C=O) groups excluding carboxylic acids is 1. The van der Waals surface area contributed by atoms with Crippen molar-refractivity contribution in [2.75, 3.05) is 50.3 Å². The fourth-order valence-electron chi connectivity index (χ4n) is 11.4. The summed E-state index contributed by atoms with van der Waals surface area (Å²) in [7, 11) is 3.11. The maximum Gasteiger partial charge on any atom is 0.418 e. The molecule has 4 fully saturated rings. The molecule has 70 heavy (non-hydrogen) atoms. The molecule has 0 unspecified atom stereocenters. The van der Waals surface area contributed by atoms with Crippen LogP contribution in [0.3, 0.4) is 0 Å². The number of aromatic nitrogens is 4. The zero-order chi connectivity index (χ0) is 49.4. The van der Waals surface area contributed by atoms with E-state index in [9.17, 15) is 9.18 Å². The van der Waals surface area contributed by atoms with Gasteiger partial charge in [0.1, 0.15) is 69.9 Å². The summed E-state index contributed by atoms with van der Waals surface area (Å²) in [4.78, 5) is 40.3. The Morgan fingerprint density at radius 2 is 1.59 bits per heavy atom. The van der Waals surface area contributed by atoms with Crippen molar-refractivity contribution in [2.24, 2.45) is 0 Å². The molecule has 0 aliphatic carbocycles. The molecule has 4 saturated heterocycles. The molecule has 8 heterocycles. The normalized spacial score (nSPS) is 24.0. The molecule has 3 aromatic heterocycles. The molecule has 0 N–H and O–H groups in total. The summed E-state index contributed by atoms with van der Waals surface area (Å²) in [5.41, 5.74) is -3.04. The van der Waals surface area contributed by atoms with E-state index in [1.165, 1.54) is 13.0 Å². The van der Waals surface area contributed by atoms with Crippen LogP contribution in [0.25, 0.3) is 22.3 Å². The lowest BCUT2D eigenvalue weighted by molar-refractivity contribution is -0.137. The van der Waals surface area contributed by atoms with Crippen LogP contribution in [0.1, 0.15) is 82.1 Å². The largest absolute Gasteiger partial charge is 0.497 e. The highest BCUT2D eigenvalue weighted by Crippen LogP contribution is 2.49. The van der Waals surface area contributed by atoms with Gasteiger partial charge in [0.05, 0.1) is 43.4 Å². The SMILES string of the molecule is COc1ccc(CN(Cc2ccc(OC)cc2)c2cc(C)c(C(F)(F)F)c(-c3nc4c5c(nc(OC[C@@]67CCCN6C[C@H](F)C7)nc5c3F)N3C[C@H]5CC[C@@H]([C@H]3[C@H](C)O4)N5C(=O)OC(C)(C)C)n2)cc1. The summed E-state index contributed by atoms with van der Waals surface area (Å²) in [6.45, 7) is 10.1. The number of fused-ring (bicyclic) bond motifs is 6. The Bertz CT molecular complexity index is 2750. The number of carbonyl (C=O) groups is 1. The summed E-state index contributed by atoms with van der Waals surface area (Å²) in [6, 6.07) is 14.3. The predicted octanol–water partition coefficient (Wildman–Crippen LogP) is 9.47. The number of rotatable bonds is 11. The number of alkyl halides is 4. The number of hydrogen-bond acceptors (Lipinski definition) is 13. The number of ether oxygens (including phenoxy) is 5. The second-order valence-corrected chi connectivity index (χ2v) is 20.2. The van der Waals surface area contributed by atoms with Gasteiger partial charge < -0.3 is 33.5 Å². The van der Waals surface area contributed by atoms with E-state index < -0.39 is 70.5 Å². The Kier molecular flexibility index (Phi) is 12.1. The molecule has 372 valence electrons. The van der Waals surface area contributed by atoms with Crippen LogP contribution >= 0.6 is 0 Å². The van der Waals surface area contributed by atoms with E-state index in [-0.39, 0.29) is 85.2 Å². The average Bonchev–Trinajstić information content (AvgIpc) is 3.92. The maximum atomic E-state index is 18.0. The molecule has 5 aliphatic heterocycles. The third-order valence-electron chi connectivity index (χ3n) is 14.4. The molecule has 19 heteroatoms. The molecule has 6 atom stereocenters. The molecule has 1 amide bonds. The van der Waals surface area contributed by atoms with E-state index in [2.05, 4.69) is 19.9 Å². The first-order valence-electron chi connectivity index (χ1n) is 23.8. The van der Waals surface area contributed by atoms with E-state index in [0.29, 0.717) is 37.3 Å². The van der Waals surface area contributed by atoms with Crippen molar-refractivity contribution in [3.8, 4) is 34.8 Å². The zero-order valence-electron chi connectivity index (χ0n) is 40.3. The number of pyridine rings is 2. The molecule has 0 spiro atoms. The number of benzene rings is 2. The second-order valence-electron chi connectivity index (χ2n) is 20.2. The van der Waals surface area contributed by atoms with Crippen LogP contribution in [-0.4, -0.2) is 118 Å². The third kappa shape index (κ3) is 8.71. The van der Waals surface area contributed by atoms with Crippen LogP contribution in [0, 0.1) is 12.7 Å². The molecule has 2 aromatic carbocycles. The standard InChI is InChI=1S/C51H57F5N8O6/c1-28-21-37(61(23-30-9-14-34(66-6)15-10-30)24-31-11-16-35(67-7)17-12-31)57-42(39(28)51(54,55)56)43-40(53)41-38-45(60-47(59-41)68-27-50-19-8-20-62(50)25-32(52)22-50)63-26-33-13-18-36(44(63)29(2)69-46(38)58-43)64(33)48(65)70-49(3,4)5/h9-12,14-17,21,29,32-33,36,44H,8,13,18-20,22-27H2,1-7H3/t29-,32+,33+,36-,44+,50-/m0/s1. The minimum atomic E-state index is -5.01. The van der Waals surface area contributed by atoms with Gasteiger partial charge in [0.2, 0.25) is 5.88 Å². The average molecular weight is 973 g/mol. The van der Waals surface area contributed by atoms with Crippen molar-refractivity contribution in [2.45, 2.75) is 128 Å². The van der Waals surface area contributed by atoms with Crippen LogP contribution in [0.5, 0.6) is 23.4 Å². The molecular weight excluding hydrogens is 916 g/mol. The van der Waals surface area contributed by atoms with Crippen LogP contribution in [-0.2, 0) is 24.0 Å². The fraction of sp³-hybridized carbons (Fsp3) is 0.510. The first-order valence-corrected chi connectivity index (χ1v) is 23.8. The van der Waals surface area contributed by atoms with Gasteiger partial charge in [0.15, 0.2) is 5.82 Å². The number of methoxy groups -OCH3 is 2. The summed E-state index contributed by atoms with van der Waals surface area (Å²) < 4.78 is 109. The van der Waals surface area contributed by atoms with Crippen LogP contribution in [0.2, 0.25) is 0 Å². The first-order chi connectivity index (χ1) is 33.3. The van der Waals surface area contributed by atoms with Gasteiger partial charge >= 0.3 is 18.3 Å². The Labute approximate surface area is 403 Å². The van der Waals surface area contributed by atoms with Gasteiger partial charge in [-0.25, -0.2) is 23.5 Å². The van der Waals surface area contributed by atoms with E-state index in [4.69, 9.17) is 28.7 Å². The highest BCUT2D eigenvalue weighted by atomic mass is 19.4. The lowest BCUT2D eigenvalue weighted by Crippen LogP contribution is -2.65. The number of halogens is 5. The fourth-order valence-corrected chi connectivity index (χ4v) is 11.4. The zero-order valence-corrected chi connectivity index (χ0v) is 40.3. The maximum absolute atomic E-state index is 18.0. The predicted molar refractivity (Wildman–Crippen MR) is 251 cm³/mol. The van der Waals surface area contributed by atoms with Crippen LogP contribution in [0.15, 0.2) is 54.6 Å². The van der Waals surface area contributed by atoms with Crippen molar-refractivity contribution in [3.05, 3.63) is 82.7 Å². The molecule has 10 rings (SSSR count). The van der Waals surface area contributed by atoms with Gasteiger partial charge in [0, 0.05) is 32.6 Å². The number of hydrogen-bond donors (Lipinski definition) is 0. The Balaban J connectivity index is 1.13. The van der Waals surface area contributed by atoms with Crippen LogP contribution < -0.4 is 28.7 Å². The molecule has 2 bridgehead atoms. The van der Waals surface area contributed by atoms with Gasteiger partial charge in [-0.3, -0.25) is 9.80 Å². The molecule has 0 radical (unpaired) electrons. The first kappa shape index (κ1) is 47.4. The molecule has 14 nitrogen and oxygen atoms in total. The lowest BCUT2D eigenvalue weighted by atomic mass is 9.95. The third-order valence-corrected chi connectivity index (χ3v) is 14.4. The molecule has 5 aliphatic rings. The Hall–Kier alpha value is -6.24. The van der Waals surface area contributed by atoms with Gasteiger partial charge in [-0.1, -0.05) is 24.3 Å². The quantitative estimate of drug-likeness (QED) is 0.117. The van der Waals surface area contributed by atoms with Crippen LogP contribution in [0.4, 0.5) is 38.4 Å². The van der Waals surface area contributed by atoms with E-state index in [1.54, 1.807) is 76.0 Å². The minimum absolute atomic E-state index is 0.0119. The smallest absolute Gasteiger partial charge is 0.418 e. The van der Waals surface area contributed by atoms with Crippen molar-refractivity contribution >= 4 is 28.6 Å². The highest BCUT2D eigenvalue weighted by molar-refractivity contribution is 5.97. The highest BCUT2D eigenvalue weighted by Gasteiger charge is 2.54. The van der Waals surface area contributed by atoms with E-state index in [0.717, 1.165) is 17.5 Å². The minimum Gasteiger partial charge on any atom is -0.497 e. The van der Waals surface area contributed by atoms with Crippen molar-refractivity contribution in [1.29, 1.82) is 0 Å². The number of nitrogens with zero attached hydrogens (tertiary/aromatic N) is 8. The topological polar surface area (TPSA) is 128 Å². The van der Waals surface area contributed by atoms with E-state index in [1.807, 2.05) is 29.2 Å². The summed E-state index contributed by atoms with van der Waals surface area (Å²) in [5, 5.41) is 0.0421. The van der Waals surface area contributed by atoms with Crippen molar-refractivity contribution < 1.29 is 50.4 Å². The number of piperazine rings is 1. The summed E-state index contributed by atoms with van der Waals surface area (Å²) >= 11 is 0. The van der Waals surface area contributed by atoms with Gasteiger partial charge in [0.25, 0.3) is 0 Å². The Morgan fingerprint density at radius 3 is 2.21 bits per heavy atom. The van der Waals surface area contributed by atoms with Gasteiger partial charge in [-0.15, -0.1) is 0 Å². The number of anilines is 2. The van der Waals surface area contributed by atoms with Gasteiger partial charge in [-0.2, -0.15) is 23.1 Å². The lowest BCUT2D eigenvalue weighted by Gasteiger charge is -2.48. The monoisotopic (exact) mass is 972 g/mol. The van der Waals surface area contributed by atoms with Gasteiger partial charge in [-0.05, 0) is 114 Å². The van der Waals surface area contributed by atoms with E-state index >= 15 is 17.6 Å². The Morgan fingerprint density at radius 1 is 0.914 bits per heavy atom. The number of amides is 1. The molecular formula is C51H57F5N8O6. The second kappa shape index (κ2) is 17.9. The van der Waals surface area contributed by atoms with Crippen molar-refractivity contribution in [3.63, 3.8) is 0 Å². The number of aryl methyl sites for hydroxylation is 1.